The Morgan fingerprint density at radius 3 is 2.37 bits per heavy atom. The number of pyridine rings is 1. The second-order valence-electron chi connectivity index (χ2n) is 12.4. The first-order valence-corrected chi connectivity index (χ1v) is 13.9. The minimum atomic E-state index is -0.966. The fourth-order valence-corrected chi connectivity index (χ4v) is 6.94. The largest absolute Gasteiger partial charge is 0.448 e. The molecule has 1 N–H and O–H groups in total. The van der Waals surface area contributed by atoms with Gasteiger partial charge in [0.05, 0.1) is 12.1 Å². The molecule has 1 aliphatic carbocycles. The van der Waals surface area contributed by atoms with Crippen molar-refractivity contribution < 1.29 is 18.7 Å². The van der Waals surface area contributed by atoms with E-state index in [0.29, 0.717) is 40.6 Å². The van der Waals surface area contributed by atoms with Crippen molar-refractivity contribution in [1.29, 1.82) is 0 Å². The number of nitrogens with one attached hydrogen (secondary N) is 1. The van der Waals surface area contributed by atoms with Crippen LogP contribution >= 0.6 is 0 Å². The Morgan fingerprint density at radius 2 is 1.76 bits per heavy atom. The normalized spacial score (nSPS) is 24.4. The van der Waals surface area contributed by atoms with Gasteiger partial charge in [-0.25, -0.2) is 4.39 Å². The van der Waals surface area contributed by atoms with Gasteiger partial charge in [0, 0.05) is 53.2 Å². The monoisotopic (exact) mass is 523 g/mol. The highest BCUT2D eigenvalue weighted by Gasteiger charge is 2.57. The predicted molar refractivity (Wildman–Crippen MR) is 142 cm³/mol. The molecule has 1 saturated heterocycles. The van der Waals surface area contributed by atoms with E-state index in [1.807, 2.05) is 33.8 Å². The van der Waals surface area contributed by atoms with Crippen LogP contribution in [0.2, 0.25) is 0 Å². The molecular formula is C30H38FN3O4. The maximum atomic E-state index is 16.3. The number of ether oxygens (including phenoxy) is 2. The first-order valence-electron chi connectivity index (χ1n) is 13.9. The molecule has 6 rings (SSSR count). The van der Waals surface area contributed by atoms with Gasteiger partial charge in [-0.05, 0) is 85.0 Å². The van der Waals surface area contributed by atoms with Gasteiger partial charge in [0.25, 0.3) is 17.3 Å². The molecule has 2 fully saturated rings. The number of aryl methyl sites for hydroxylation is 2. The van der Waals surface area contributed by atoms with Gasteiger partial charge in [0.1, 0.15) is 0 Å². The number of carbonyl (C=O) groups is 1. The number of likely N-dealkylation sites (tertiary alicyclic amines) is 1. The van der Waals surface area contributed by atoms with Gasteiger partial charge in [-0.2, -0.15) is 0 Å². The molecule has 1 amide bonds. The van der Waals surface area contributed by atoms with Crippen molar-refractivity contribution >= 4 is 5.91 Å². The predicted octanol–water partition coefficient (Wildman–Crippen LogP) is 4.73. The van der Waals surface area contributed by atoms with E-state index >= 15 is 4.39 Å². The number of halogens is 1. The van der Waals surface area contributed by atoms with E-state index in [1.165, 1.54) is 0 Å². The Bertz CT molecular complexity index is 1390. The lowest BCUT2D eigenvalue weighted by Gasteiger charge is -2.40. The molecule has 4 heterocycles. The first-order chi connectivity index (χ1) is 17.9. The molecule has 0 radical (unpaired) electrons. The van der Waals surface area contributed by atoms with Crippen LogP contribution < -0.4 is 15.0 Å². The van der Waals surface area contributed by atoms with Crippen molar-refractivity contribution in [2.24, 2.45) is 5.92 Å². The zero-order valence-electron chi connectivity index (χ0n) is 23.3. The summed E-state index contributed by atoms with van der Waals surface area (Å²) in [5.74, 6) is -1.03. The molecule has 1 saturated carbocycles. The summed E-state index contributed by atoms with van der Waals surface area (Å²) in [5.41, 5.74) is 3.08. The molecule has 38 heavy (non-hydrogen) atoms. The summed E-state index contributed by atoms with van der Waals surface area (Å²) < 4.78 is 29.1. The summed E-state index contributed by atoms with van der Waals surface area (Å²) in [6, 6.07) is 2.40. The molecular weight excluding hydrogens is 485 g/mol. The Morgan fingerprint density at radius 1 is 1.11 bits per heavy atom. The molecule has 3 aliphatic heterocycles. The second kappa shape index (κ2) is 8.57. The van der Waals surface area contributed by atoms with Crippen molar-refractivity contribution in [1.82, 2.24) is 14.8 Å². The van der Waals surface area contributed by atoms with Gasteiger partial charge < -0.3 is 24.3 Å². The summed E-state index contributed by atoms with van der Waals surface area (Å²) in [6.45, 7) is 14.4. The minimum Gasteiger partial charge on any atom is -0.448 e. The third-order valence-corrected chi connectivity index (χ3v) is 9.42. The minimum absolute atomic E-state index is 0.124. The van der Waals surface area contributed by atoms with Gasteiger partial charge in [-0.1, -0.05) is 0 Å². The van der Waals surface area contributed by atoms with Crippen LogP contribution in [0.3, 0.4) is 0 Å². The quantitative estimate of drug-likeness (QED) is 0.627. The van der Waals surface area contributed by atoms with Crippen LogP contribution in [0.25, 0.3) is 0 Å². The van der Waals surface area contributed by atoms with Crippen LogP contribution in [0, 0.1) is 32.5 Å². The fraction of sp³-hybridized carbons (Fsp3) is 0.600. The molecule has 204 valence electrons. The lowest BCUT2D eigenvalue weighted by Crippen LogP contribution is -2.49. The number of H-pyrrole nitrogens is 1. The molecule has 1 aromatic heterocycles. The SMILES string of the molecule is Cc1cc(C)c(CN2CC3(CC3)c3c(F)c4c(c(C)c3C2=O)O[C@@](C)(C2CCN(C(C)C)CC2)O4)c(=O)[nH]1. The van der Waals surface area contributed by atoms with Crippen LogP contribution in [-0.2, 0) is 12.0 Å². The summed E-state index contributed by atoms with van der Waals surface area (Å²) in [4.78, 5) is 33.6. The highest BCUT2D eigenvalue weighted by Crippen LogP contribution is 2.59. The average Bonchev–Trinajstić information content (AvgIpc) is 3.53. The van der Waals surface area contributed by atoms with E-state index in [0.717, 1.165) is 50.0 Å². The van der Waals surface area contributed by atoms with Crippen molar-refractivity contribution in [3.8, 4) is 11.5 Å². The average molecular weight is 524 g/mol. The topological polar surface area (TPSA) is 74.9 Å². The lowest BCUT2D eigenvalue weighted by molar-refractivity contribution is -0.127. The third kappa shape index (κ3) is 3.78. The summed E-state index contributed by atoms with van der Waals surface area (Å²) >= 11 is 0. The maximum Gasteiger partial charge on any atom is 0.255 e. The number of nitrogens with zero attached hydrogens (tertiary/aromatic N) is 2. The number of carbonyl (C=O) groups excluding carboxylic acids is 1. The maximum absolute atomic E-state index is 16.3. The number of hydrogen-bond acceptors (Lipinski definition) is 5. The summed E-state index contributed by atoms with van der Waals surface area (Å²) in [6.07, 6.45) is 3.41. The molecule has 8 heteroatoms. The Labute approximate surface area is 223 Å². The number of hydrogen-bond donors (Lipinski definition) is 1. The molecule has 1 atom stereocenters. The van der Waals surface area contributed by atoms with Crippen LogP contribution in [-0.4, -0.2) is 52.2 Å². The van der Waals surface area contributed by atoms with E-state index in [1.54, 1.807) is 4.90 Å². The Balaban J connectivity index is 1.35. The molecule has 0 unspecified atom stereocenters. The van der Waals surface area contributed by atoms with E-state index in [9.17, 15) is 9.59 Å². The van der Waals surface area contributed by atoms with Gasteiger partial charge in [0.2, 0.25) is 5.75 Å². The number of fused-ring (bicyclic) bond motifs is 3. The van der Waals surface area contributed by atoms with Gasteiger partial charge in [0.15, 0.2) is 11.6 Å². The van der Waals surface area contributed by atoms with E-state index in [2.05, 4.69) is 23.7 Å². The molecule has 1 spiro atoms. The van der Waals surface area contributed by atoms with E-state index in [4.69, 9.17) is 9.47 Å². The van der Waals surface area contributed by atoms with Crippen LogP contribution in [0.4, 0.5) is 4.39 Å². The van der Waals surface area contributed by atoms with Crippen LogP contribution in [0.15, 0.2) is 10.9 Å². The zero-order chi connectivity index (χ0) is 27.1. The molecule has 0 bridgehead atoms. The van der Waals surface area contributed by atoms with Crippen molar-refractivity contribution in [3.63, 3.8) is 0 Å². The Hall–Kier alpha value is -2.87. The number of aromatic amines is 1. The smallest absolute Gasteiger partial charge is 0.255 e. The lowest BCUT2D eigenvalue weighted by atomic mass is 9.83. The third-order valence-electron chi connectivity index (χ3n) is 9.42. The molecule has 7 nitrogen and oxygen atoms in total. The zero-order valence-corrected chi connectivity index (χ0v) is 23.3. The standard InChI is InChI=1S/C30H38FN3O4/c1-16(2)33-11-7-20(8-12-33)29(6)37-25-19(5)22-23(24(31)26(25)38-29)30(9-10-30)15-34(28(22)36)14-21-17(3)13-18(4)32-27(21)35/h13,16,20H,7-12,14-15H2,1-6H3,(H,32,35)/t29-/m1/s1. The van der Waals surface area contributed by atoms with Gasteiger partial charge >= 0.3 is 0 Å². The highest BCUT2D eigenvalue weighted by atomic mass is 19.1. The van der Waals surface area contributed by atoms with Crippen LogP contribution in [0.1, 0.15) is 84.8 Å². The molecule has 2 aromatic rings. The van der Waals surface area contributed by atoms with Crippen molar-refractivity contribution in [2.45, 2.75) is 91.0 Å². The summed E-state index contributed by atoms with van der Waals surface area (Å²) in [5, 5.41) is 0. The molecule has 4 aliphatic rings. The van der Waals surface area contributed by atoms with Crippen molar-refractivity contribution in [3.05, 3.63) is 55.7 Å². The van der Waals surface area contributed by atoms with Crippen molar-refractivity contribution in [2.75, 3.05) is 19.6 Å². The number of rotatable bonds is 4. The molecule has 1 aromatic carbocycles. The number of aromatic nitrogens is 1. The van der Waals surface area contributed by atoms with E-state index < -0.39 is 17.0 Å². The summed E-state index contributed by atoms with van der Waals surface area (Å²) in [7, 11) is 0. The fourth-order valence-electron chi connectivity index (χ4n) is 6.94. The highest BCUT2D eigenvalue weighted by molar-refractivity contribution is 6.00. The first kappa shape index (κ1) is 25.4. The second-order valence-corrected chi connectivity index (χ2v) is 12.4. The van der Waals surface area contributed by atoms with Gasteiger partial charge in [-0.3, -0.25) is 9.59 Å². The van der Waals surface area contributed by atoms with Gasteiger partial charge in [-0.15, -0.1) is 0 Å². The number of piperidine rings is 1. The van der Waals surface area contributed by atoms with Crippen LogP contribution in [0.5, 0.6) is 11.5 Å². The van der Waals surface area contributed by atoms with E-state index in [-0.39, 0.29) is 29.7 Å². The number of amides is 1. The number of benzene rings is 1. The Kier molecular flexibility index (Phi) is 5.73.